The lowest BCUT2D eigenvalue weighted by Gasteiger charge is -2.32. The molecule has 2 aromatic rings. The van der Waals surface area contributed by atoms with Crippen molar-refractivity contribution in [2.24, 2.45) is 0 Å². The van der Waals surface area contributed by atoms with Crippen LogP contribution in [-0.4, -0.2) is 41.5 Å². The highest BCUT2D eigenvalue weighted by Crippen LogP contribution is 2.27. The van der Waals surface area contributed by atoms with Gasteiger partial charge in [0.15, 0.2) is 0 Å². The predicted octanol–water partition coefficient (Wildman–Crippen LogP) is 4.42. The summed E-state index contributed by atoms with van der Waals surface area (Å²) in [7, 11) is 0. The van der Waals surface area contributed by atoms with Crippen LogP contribution >= 0.6 is 11.3 Å². The number of nitrogens with zero attached hydrogens (tertiary/aromatic N) is 2. The SMILES string of the molecule is CCCCN1CCC(NC(=O)c2csc(-c3ccc(C)cc3C)n2)CC1. The number of unbranched alkanes of at least 4 members (excludes halogenated alkanes) is 1. The van der Waals surface area contributed by atoms with E-state index in [9.17, 15) is 4.79 Å². The number of thiazole rings is 1. The Morgan fingerprint density at radius 2 is 2.08 bits per heavy atom. The Labute approximate surface area is 160 Å². The number of benzene rings is 1. The van der Waals surface area contributed by atoms with Gasteiger partial charge in [-0.25, -0.2) is 4.98 Å². The molecule has 5 heteroatoms. The van der Waals surface area contributed by atoms with Crippen LogP contribution in [0.2, 0.25) is 0 Å². The molecule has 1 fully saturated rings. The van der Waals surface area contributed by atoms with E-state index in [1.54, 1.807) is 11.3 Å². The molecule has 26 heavy (non-hydrogen) atoms. The lowest BCUT2D eigenvalue weighted by Crippen LogP contribution is -2.44. The molecule has 3 rings (SSSR count). The summed E-state index contributed by atoms with van der Waals surface area (Å²) in [5, 5.41) is 5.97. The molecule has 0 spiro atoms. The van der Waals surface area contributed by atoms with Gasteiger partial charge in [0.1, 0.15) is 10.7 Å². The Hall–Kier alpha value is -1.72. The van der Waals surface area contributed by atoms with Crippen LogP contribution < -0.4 is 5.32 Å². The van der Waals surface area contributed by atoms with E-state index in [0.29, 0.717) is 5.69 Å². The van der Waals surface area contributed by atoms with Gasteiger partial charge >= 0.3 is 0 Å². The molecule has 2 heterocycles. The Morgan fingerprint density at radius 1 is 1.31 bits per heavy atom. The highest BCUT2D eigenvalue weighted by molar-refractivity contribution is 7.13. The molecule has 1 aromatic heterocycles. The first kappa shape index (κ1) is 19.1. The highest BCUT2D eigenvalue weighted by atomic mass is 32.1. The summed E-state index contributed by atoms with van der Waals surface area (Å²) >= 11 is 1.54. The van der Waals surface area contributed by atoms with Gasteiger partial charge in [-0.05, 0) is 45.2 Å². The largest absolute Gasteiger partial charge is 0.348 e. The van der Waals surface area contributed by atoms with Crippen LogP contribution in [-0.2, 0) is 0 Å². The maximum atomic E-state index is 12.6. The zero-order valence-electron chi connectivity index (χ0n) is 16.0. The van der Waals surface area contributed by atoms with E-state index in [2.05, 4.69) is 54.2 Å². The molecule has 1 aliphatic heterocycles. The van der Waals surface area contributed by atoms with Crippen molar-refractivity contribution in [2.75, 3.05) is 19.6 Å². The fraction of sp³-hybridized carbons (Fsp3) is 0.524. The molecule has 1 amide bonds. The van der Waals surface area contributed by atoms with Gasteiger partial charge in [-0.3, -0.25) is 4.79 Å². The van der Waals surface area contributed by atoms with Gasteiger partial charge in [0.05, 0.1) is 0 Å². The lowest BCUT2D eigenvalue weighted by molar-refractivity contribution is 0.0906. The maximum absolute atomic E-state index is 12.6. The van der Waals surface area contributed by atoms with Crippen LogP contribution in [0.1, 0.15) is 54.2 Å². The van der Waals surface area contributed by atoms with E-state index < -0.39 is 0 Å². The van der Waals surface area contributed by atoms with Gasteiger partial charge in [0.2, 0.25) is 0 Å². The molecular formula is C21H29N3OS. The zero-order chi connectivity index (χ0) is 18.5. The van der Waals surface area contributed by atoms with Gasteiger partial charge < -0.3 is 10.2 Å². The first-order chi connectivity index (χ1) is 12.6. The van der Waals surface area contributed by atoms with E-state index in [0.717, 1.165) is 36.5 Å². The molecule has 0 bridgehead atoms. The van der Waals surface area contributed by atoms with Crippen molar-refractivity contribution in [3.8, 4) is 10.6 Å². The standard InChI is InChI=1S/C21H29N3OS/c1-4-5-10-24-11-8-17(9-12-24)22-20(25)19-14-26-21(23-19)18-7-6-15(2)13-16(18)3/h6-7,13-14,17H,4-5,8-12H2,1-3H3,(H,22,25). The molecule has 0 saturated carbocycles. The van der Waals surface area contributed by atoms with Crippen LogP contribution in [0.15, 0.2) is 23.6 Å². The maximum Gasteiger partial charge on any atom is 0.270 e. The molecule has 0 radical (unpaired) electrons. The van der Waals surface area contributed by atoms with Crippen molar-refractivity contribution < 1.29 is 4.79 Å². The monoisotopic (exact) mass is 371 g/mol. The second-order valence-corrected chi connectivity index (χ2v) is 8.16. The number of aryl methyl sites for hydroxylation is 2. The minimum atomic E-state index is -0.0377. The normalized spacial score (nSPS) is 16.0. The van der Waals surface area contributed by atoms with Crippen LogP contribution in [0.3, 0.4) is 0 Å². The second kappa shape index (κ2) is 8.78. The predicted molar refractivity (Wildman–Crippen MR) is 109 cm³/mol. The summed E-state index contributed by atoms with van der Waals surface area (Å²) in [6, 6.07) is 6.61. The number of hydrogen-bond donors (Lipinski definition) is 1. The molecule has 0 aliphatic carbocycles. The number of likely N-dealkylation sites (tertiary alicyclic amines) is 1. The van der Waals surface area contributed by atoms with Crippen molar-refractivity contribution in [3.63, 3.8) is 0 Å². The molecule has 1 aromatic carbocycles. The van der Waals surface area contributed by atoms with Gasteiger partial charge in [-0.1, -0.05) is 37.1 Å². The Balaban J connectivity index is 1.57. The molecule has 0 atom stereocenters. The number of piperidine rings is 1. The molecule has 0 unspecified atom stereocenters. The Kier molecular flexibility index (Phi) is 6.43. The summed E-state index contributed by atoms with van der Waals surface area (Å²) < 4.78 is 0. The third-order valence-electron chi connectivity index (χ3n) is 5.10. The lowest BCUT2D eigenvalue weighted by atomic mass is 10.0. The number of nitrogens with one attached hydrogen (secondary N) is 1. The van der Waals surface area contributed by atoms with Crippen LogP contribution in [0.4, 0.5) is 0 Å². The summed E-state index contributed by atoms with van der Waals surface area (Å²) in [5.41, 5.74) is 4.10. The van der Waals surface area contributed by atoms with E-state index in [4.69, 9.17) is 0 Å². The van der Waals surface area contributed by atoms with Crippen molar-refractivity contribution in [1.82, 2.24) is 15.2 Å². The Bertz CT molecular complexity index is 747. The Morgan fingerprint density at radius 3 is 2.77 bits per heavy atom. The third-order valence-corrected chi connectivity index (χ3v) is 5.98. The number of carbonyl (C=O) groups is 1. The summed E-state index contributed by atoms with van der Waals surface area (Å²) in [5.74, 6) is -0.0377. The van der Waals surface area contributed by atoms with E-state index in [1.165, 1.54) is 30.5 Å². The summed E-state index contributed by atoms with van der Waals surface area (Å²) in [6.07, 6.45) is 4.56. The summed E-state index contributed by atoms with van der Waals surface area (Å²) in [6.45, 7) is 9.75. The molecule has 140 valence electrons. The van der Waals surface area contributed by atoms with Gasteiger partial charge in [-0.15, -0.1) is 11.3 Å². The fourth-order valence-corrected chi connectivity index (χ4v) is 4.39. The van der Waals surface area contributed by atoms with Gasteiger partial charge in [-0.2, -0.15) is 0 Å². The minimum Gasteiger partial charge on any atom is -0.348 e. The smallest absolute Gasteiger partial charge is 0.270 e. The second-order valence-electron chi connectivity index (χ2n) is 7.30. The number of hydrogen-bond acceptors (Lipinski definition) is 4. The molecule has 1 aliphatic rings. The zero-order valence-corrected chi connectivity index (χ0v) is 16.9. The van der Waals surface area contributed by atoms with Crippen molar-refractivity contribution in [2.45, 2.75) is 52.5 Å². The average molecular weight is 372 g/mol. The average Bonchev–Trinajstić information content (AvgIpc) is 3.11. The van der Waals surface area contributed by atoms with Crippen LogP contribution in [0, 0.1) is 13.8 Å². The molecule has 1 N–H and O–H groups in total. The first-order valence-electron chi connectivity index (χ1n) is 9.63. The molecular weight excluding hydrogens is 342 g/mol. The first-order valence-corrected chi connectivity index (χ1v) is 10.5. The van der Waals surface area contributed by atoms with Gasteiger partial charge in [0.25, 0.3) is 5.91 Å². The molecule has 4 nitrogen and oxygen atoms in total. The number of rotatable bonds is 6. The van der Waals surface area contributed by atoms with E-state index >= 15 is 0 Å². The minimum absolute atomic E-state index is 0.0377. The fourth-order valence-electron chi connectivity index (χ4n) is 3.50. The molecule has 1 saturated heterocycles. The van der Waals surface area contributed by atoms with Crippen molar-refractivity contribution in [1.29, 1.82) is 0 Å². The van der Waals surface area contributed by atoms with Crippen LogP contribution in [0.5, 0.6) is 0 Å². The van der Waals surface area contributed by atoms with E-state index in [1.807, 2.05) is 5.38 Å². The van der Waals surface area contributed by atoms with Gasteiger partial charge in [0, 0.05) is 30.1 Å². The van der Waals surface area contributed by atoms with Crippen molar-refractivity contribution in [3.05, 3.63) is 40.4 Å². The van der Waals surface area contributed by atoms with E-state index in [-0.39, 0.29) is 11.9 Å². The third kappa shape index (κ3) is 4.71. The number of amides is 1. The number of aromatic nitrogens is 1. The highest BCUT2D eigenvalue weighted by Gasteiger charge is 2.22. The summed E-state index contributed by atoms with van der Waals surface area (Å²) in [4.78, 5) is 19.7. The topological polar surface area (TPSA) is 45.2 Å². The number of carbonyl (C=O) groups excluding carboxylic acids is 1. The van der Waals surface area contributed by atoms with Crippen LogP contribution in [0.25, 0.3) is 10.6 Å². The van der Waals surface area contributed by atoms with Crippen molar-refractivity contribution >= 4 is 17.2 Å². The quantitative estimate of drug-likeness (QED) is 0.817.